The van der Waals surface area contributed by atoms with Crippen LogP contribution in [0.5, 0.6) is 0 Å². The zero-order chi connectivity index (χ0) is 12.5. The summed E-state index contributed by atoms with van der Waals surface area (Å²) in [5.41, 5.74) is 1.43. The van der Waals surface area contributed by atoms with E-state index < -0.39 is 0 Å². The quantitative estimate of drug-likeness (QED) is 0.649. The number of rotatable bonds is 8. The van der Waals surface area contributed by atoms with Gasteiger partial charge >= 0.3 is 0 Å². The monoisotopic (exact) mass is 233 g/mol. The molecule has 1 N–H and O–H groups in total. The third-order valence-corrected chi connectivity index (χ3v) is 3.13. The van der Waals surface area contributed by atoms with Crippen LogP contribution < -0.4 is 5.32 Å². The van der Waals surface area contributed by atoms with Gasteiger partial charge < -0.3 is 5.32 Å². The Morgan fingerprint density at radius 3 is 2.35 bits per heavy atom. The zero-order valence-electron chi connectivity index (χ0n) is 11.6. The fourth-order valence-corrected chi connectivity index (χ4v) is 2.15. The van der Waals surface area contributed by atoms with E-state index in [9.17, 15) is 0 Å². The minimum absolute atomic E-state index is 0.536. The molecule has 0 fully saturated rings. The smallest absolute Gasteiger partial charge is 0.0320 e. The van der Waals surface area contributed by atoms with Gasteiger partial charge in [-0.25, -0.2) is 0 Å². The molecule has 0 saturated carbocycles. The van der Waals surface area contributed by atoms with E-state index in [0.717, 1.165) is 12.5 Å². The van der Waals surface area contributed by atoms with Crippen LogP contribution in [0.2, 0.25) is 0 Å². The van der Waals surface area contributed by atoms with Crippen molar-refractivity contribution < 1.29 is 0 Å². The first-order chi connectivity index (χ1) is 8.24. The Bertz CT molecular complexity index is 279. The SMILES string of the molecule is CCCC(NCCCC(C)C)c1ccccc1. The zero-order valence-corrected chi connectivity index (χ0v) is 11.6. The van der Waals surface area contributed by atoms with Gasteiger partial charge in [0.1, 0.15) is 0 Å². The minimum Gasteiger partial charge on any atom is -0.310 e. The van der Waals surface area contributed by atoms with Crippen molar-refractivity contribution in [3.8, 4) is 0 Å². The van der Waals surface area contributed by atoms with E-state index in [0.29, 0.717) is 6.04 Å². The Labute approximate surface area is 107 Å². The van der Waals surface area contributed by atoms with E-state index in [1.54, 1.807) is 0 Å². The van der Waals surface area contributed by atoms with Crippen molar-refractivity contribution in [2.24, 2.45) is 5.92 Å². The van der Waals surface area contributed by atoms with Crippen LogP contribution in [0.1, 0.15) is 58.1 Å². The lowest BCUT2D eigenvalue weighted by molar-refractivity contribution is 0.460. The lowest BCUT2D eigenvalue weighted by atomic mass is 10.0. The first kappa shape index (κ1) is 14.2. The second-order valence-electron chi connectivity index (χ2n) is 5.24. The van der Waals surface area contributed by atoms with Gasteiger partial charge in [0.25, 0.3) is 0 Å². The van der Waals surface area contributed by atoms with Gasteiger partial charge in [-0.3, -0.25) is 0 Å². The van der Waals surface area contributed by atoms with Crippen molar-refractivity contribution in [1.29, 1.82) is 0 Å². The Balaban J connectivity index is 2.39. The molecule has 0 radical (unpaired) electrons. The highest BCUT2D eigenvalue weighted by molar-refractivity contribution is 5.18. The van der Waals surface area contributed by atoms with Crippen molar-refractivity contribution in [3.05, 3.63) is 35.9 Å². The van der Waals surface area contributed by atoms with Gasteiger partial charge in [-0.1, -0.05) is 57.5 Å². The molecule has 96 valence electrons. The second kappa shape index (κ2) is 8.30. The van der Waals surface area contributed by atoms with Crippen molar-refractivity contribution >= 4 is 0 Å². The minimum atomic E-state index is 0.536. The highest BCUT2D eigenvalue weighted by Crippen LogP contribution is 2.18. The molecule has 0 saturated heterocycles. The molecule has 1 unspecified atom stereocenters. The average molecular weight is 233 g/mol. The van der Waals surface area contributed by atoms with E-state index in [1.165, 1.54) is 31.2 Å². The van der Waals surface area contributed by atoms with Gasteiger partial charge in [-0.2, -0.15) is 0 Å². The molecule has 0 aliphatic carbocycles. The Morgan fingerprint density at radius 1 is 1.06 bits per heavy atom. The summed E-state index contributed by atoms with van der Waals surface area (Å²) in [5.74, 6) is 0.818. The van der Waals surface area contributed by atoms with Gasteiger partial charge in [0.05, 0.1) is 0 Å². The largest absolute Gasteiger partial charge is 0.310 e. The fourth-order valence-electron chi connectivity index (χ4n) is 2.15. The maximum atomic E-state index is 3.69. The Hall–Kier alpha value is -0.820. The summed E-state index contributed by atoms with van der Waals surface area (Å²) in [6.07, 6.45) is 5.06. The summed E-state index contributed by atoms with van der Waals surface area (Å²) in [6.45, 7) is 7.98. The molecule has 0 amide bonds. The lowest BCUT2D eigenvalue weighted by Gasteiger charge is -2.19. The molecule has 1 rings (SSSR count). The lowest BCUT2D eigenvalue weighted by Crippen LogP contribution is -2.22. The van der Waals surface area contributed by atoms with Crippen LogP contribution >= 0.6 is 0 Å². The molecular formula is C16H27N. The molecule has 0 spiro atoms. The van der Waals surface area contributed by atoms with Crippen LogP contribution in [0, 0.1) is 5.92 Å². The maximum absolute atomic E-state index is 3.69. The van der Waals surface area contributed by atoms with Crippen LogP contribution in [0.15, 0.2) is 30.3 Å². The van der Waals surface area contributed by atoms with Crippen molar-refractivity contribution in [1.82, 2.24) is 5.32 Å². The number of hydrogen-bond acceptors (Lipinski definition) is 1. The third kappa shape index (κ3) is 5.88. The van der Waals surface area contributed by atoms with Crippen LogP contribution in [-0.4, -0.2) is 6.54 Å². The normalized spacial score (nSPS) is 12.9. The van der Waals surface area contributed by atoms with Gasteiger partial charge in [-0.05, 0) is 37.3 Å². The fraction of sp³-hybridized carbons (Fsp3) is 0.625. The first-order valence-electron chi connectivity index (χ1n) is 7.02. The molecule has 1 atom stereocenters. The molecule has 1 aromatic rings. The molecule has 0 heterocycles. The van der Waals surface area contributed by atoms with Crippen molar-refractivity contribution in [2.75, 3.05) is 6.54 Å². The summed E-state index contributed by atoms with van der Waals surface area (Å²) in [5, 5.41) is 3.69. The van der Waals surface area contributed by atoms with Crippen LogP contribution in [0.4, 0.5) is 0 Å². The average Bonchev–Trinajstić information content (AvgIpc) is 2.34. The summed E-state index contributed by atoms with van der Waals surface area (Å²) < 4.78 is 0. The molecule has 17 heavy (non-hydrogen) atoms. The highest BCUT2D eigenvalue weighted by Gasteiger charge is 2.08. The molecule has 0 aromatic heterocycles. The number of benzene rings is 1. The number of hydrogen-bond donors (Lipinski definition) is 1. The van der Waals surface area contributed by atoms with Crippen LogP contribution in [-0.2, 0) is 0 Å². The predicted molar refractivity (Wildman–Crippen MR) is 76.2 cm³/mol. The first-order valence-corrected chi connectivity index (χ1v) is 7.02. The standard InChI is InChI=1S/C16H27N/c1-4-9-16(15-11-6-5-7-12-15)17-13-8-10-14(2)3/h5-7,11-12,14,16-17H,4,8-10,13H2,1-3H3. The molecule has 0 bridgehead atoms. The van der Waals surface area contributed by atoms with E-state index in [2.05, 4.69) is 56.4 Å². The molecule has 0 aliphatic heterocycles. The summed E-state index contributed by atoms with van der Waals surface area (Å²) >= 11 is 0. The highest BCUT2D eigenvalue weighted by atomic mass is 14.9. The maximum Gasteiger partial charge on any atom is 0.0320 e. The van der Waals surface area contributed by atoms with E-state index in [-0.39, 0.29) is 0 Å². The summed E-state index contributed by atoms with van der Waals surface area (Å²) in [6, 6.07) is 11.4. The number of nitrogens with one attached hydrogen (secondary N) is 1. The van der Waals surface area contributed by atoms with Crippen LogP contribution in [0.3, 0.4) is 0 Å². The molecule has 1 aromatic carbocycles. The van der Waals surface area contributed by atoms with Gasteiger partial charge in [-0.15, -0.1) is 0 Å². The molecule has 1 nitrogen and oxygen atoms in total. The van der Waals surface area contributed by atoms with Crippen LogP contribution in [0.25, 0.3) is 0 Å². The summed E-state index contributed by atoms with van der Waals surface area (Å²) in [4.78, 5) is 0. The molecule has 0 aliphatic rings. The second-order valence-corrected chi connectivity index (χ2v) is 5.24. The predicted octanol–water partition coefficient (Wildman–Crippen LogP) is 4.55. The van der Waals surface area contributed by atoms with Crippen molar-refractivity contribution in [3.63, 3.8) is 0 Å². The third-order valence-electron chi connectivity index (χ3n) is 3.13. The van der Waals surface area contributed by atoms with Crippen molar-refractivity contribution in [2.45, 2.75) is 52.5 Å². The molecular weight excluding hydrogens is 206 g/mol. The summed E-state index contributed by atoms with van der Waals surface area (Å²) in [7, 11) is 0. The van der Waals surface area contributed by atoms with Gasteiger partial charge in [0.2, 0.25) is 0 Å². The van der Waals surface area contributed by atoms with E-state index >= 15 is 0 Å². The van der Waals surface area contributed by atoms with Gasteiger partial charge in [0.15, 0.2) is 0 Å². The van der Waals surface area contributed by atoms with Gasteiger partial charge in [0, 0.05) is 6.04 Å². The van der Waals surface area contributed by atoms with E-state index in [4.69, 9.17) is 0 Å². The molecule has 1 heteroatoms. The Kier molecular flexibility index (Phi) is 6.95. The topological polar surface area (TPSA) is 12.0 Å². The Morgan fingerprint density at radius 2 is 1.76 bits per heavy atom. The van der Waals surface area contributed by atoms with E-state index in [1.807, 2.05) is 0 Å².